The van der Waals surface area contributed by atoms with Crippen molar-refractivity contribution in [2.75, 3.05) is 13.1 Å². The van der Waals surface area contributed by atoms with Crippen LogP contribution in [0.4, 0.5) is 0 Å². The van der Waals surface area contributed by atoms with Gasteiger partial charge in [0.1, 0.15) is 0 Å². The van der Waals surface area contributed by atoms with Gasteiger partial charge < -0.3 is 10.0 Å². The summed E-state index contributed by atoms with van der Waals surface area (Å²) in [4.78, 5) is 11.9. The summed E-state index contributed by atoms with van der Waals surface area (Å²) in [5.74, 6) is 0. The number of amides is 1. The standard InChI is InChI=1S/C7H11NO2/c9-5-8-3-7(4-8)1-6(10)2-7/h5-6,10H,1-4H2. The van der Waals surface area contributed by atoms with E-state index in [-0.39, 0.29) is 6.10 Å². The Labute approximate surface area is 59.6 Å². The van der Waals surface area contributed by atoms with Crippen molar-refractivity contribution < 1.29 is 9.90 Å². The van der Waals surface area contributed by atoms with Crippen LogP contribution < -0.4 is 0 Å². The average molecular weight is 141 g/mol. The van der Waals surface area contributed by atoms with Crippen molar-refractivity contribution in [3.8, 4) is 0 Å². The lowest BCUT2D eigenvalue weighted by Crippen LogP contribution is -2.63. The molecule has 2 aliphatic rings. The number of nitrogens with zero attached hydrogens (tertiary/aromatic N) is 1. The van der Waals surface area contributed by atoms with Gasteiger partial charge >= 0.3 is 0 Å². The SMILES string of the molecule is O=CN1CC2(CC(O)C2)C1. The molecule has 2 rings (SSSR count). The highest BCUT2D eigenvalue weighted by atomic mass is 16.3. The second kappa shape index (κ2) is 1.72. The Bertz CT molecular complexity index is 155. The molecule has 0 atom stereocenters. The number of hydrogen-bond acceptors (Lipinski definition) is 2. The fourth-order valence-electron chi connectivity index (χ4n) is 2.09. The molecule has 0 aromatic carbocycles. The lowest BCUT2D eigenvalue weighted by Gasteiger charge is -2.56. The number of hydrogen-bond donors (Lipinski definition) is 1. The van der Waals surface area contributed by atoms with Crippen LogP contribution in [0.15, 0.2) is 0 Å². The zero-order chi connectivity index (χ0) is 7.19. The molecule has 10 heavy (non-hydrogen) atoms. The highest BCUT2D eigenvalue weighted by molar-refractivity contribution is 5.49. The minimum absolute atomic E-state index is 0.0891. The minimum Gasteiger partial charge on any atom is -0.393 e. The second-order valence-corrected chi connectivity index (χ2v) is 3.57. The summed E-state index contributed by atoms with van der Waals surface area (Å²) in [6, 6.07) is 0. The lowest BCUT2D eigenvalue weighted by molar-refractivity contribution is -0.150. The van der Waals surface area contributed by atoms with E-state index in [9.17, 15) is 4.79 Å². The zero-order valence-corrected chi connectivity index (χ0v) is 5.79. The third-order valence-electron chi connectivity index (χ3n) is 2.56. The summed E-state index contributed by atoms with van der Waals surface area (Å²) in [7, 11) is 0. The summed E-state index contributed by atoms with van der Waals surface area (Å²) in [6.45, 7) is 1.74. The topological polar surface area (TPSA) is 40.5 Å². The smallest absolute Gasteiger partial charge is 0.209 e. The predicted molar refractivity (Wildman–Crippen MR) is 35.3 cm³/mol. The lowest BCUT2D eigenvalue weighted by atomic mass is 9.62. The number of aliphatic hydroxyl groups excluding tert-OH is 1. The van der Waals surface area contributed by atoms with Gasteiger partial charge in [0.2, 0.25) is 6.41 Å². The van der Waals surface area contributed by atoms with Crippen LogP contribution in [0.3, 0.4) is 0 Å². The summed E-state index contributed by atoms with van der Waals surface area (Å²) in [5, 5.41) is 9.00. The Morgan fingerprint density at radius 3 is 2.50 bits per heavy atom. The van der Waals surface area contributed by atoms with Crippen LogP contribution in [0.25, 0.3) is 0 Å². The molecule has 1 spiro atoms. The van der Waals surface area contributed by atoms with E-state index in [0.29, 0.717) is 5.41 Å². The molecule has 3 heteroatoms. The van der Waals surface area contributed by atoms with Crippen LogP contribution in [-0.4, -0.2) is 35.6 Å². The Balaban J connectivity index is 1.85. The summed E-state index contributed by atoms with van der Waals surface area (Å²) < 4.78 is 0. The van der Waals surface area contributed by atoms with Gasteiger partial charge in [-0.2, -0.15) is 0 Å². The third kappa shape index (κ3) is 0.669. The number of aliphatic hydroxyl groups is 1. The predicted octanol–water partition coefficient (Wildman–Crippen LogP) is -0.401. The molecular weight excluding hydrogens is 130 g/mol. The van der Waals surface area contributed by atoms with Gasteiger partial charge in [-0.25, -0.2) is 0 Å². The molecule has 1 N–H and O–H groups in total. The molecule has 0 unspecified atom stereocenters. The number of carbonyl (C=O) groups excluding carboxylic acids is 1. The first-order valence-electron chi connectivity index (χ1n) is 3.62. The van der Waals surface area contributed by atoms with Crippen LogP contribution in [0.1, 0.15) is 12.8 Å². The van der Waals surface area contributed by atoms with E-state index >= 15 is 0 Å². The van der Waals surface area contributed by atoms with Gasteiger partial charge in [-0.3, -0.25) is 4.79 Å². The molecule has 1 amide bonds. The normalized spacial score (nSPS) is 29.5. The van der Waals surface area contributed by atoms with E-state index in [1.54, 1.807) is 4.90 Å². The second-order valence-electron chi connectivity index (χ2n) is 3.57. The molecule has 1 aliphatic carbocycles. The van der Waals surface area contributed by atoms with E-state index in [1.807, 2.05) is 0 Å². The van der Waals surface area contributed by atoms with Gasteiger partial charge in [-0.1, -0.05) is 0 Å². The molecule has 0 bridgehead atoms. The monoisotopic (exact) mass is 141 g/mol. The van der Waals surface area contributed by atoms with Crippen LogP contribution >= 0.6 is 0 Å². The maximum absolute atomic E-state index is 10.2. The first kappa shape index (κ1) is 6.16. The van der Waals surface area contributed by atoms with Crippen molar-refractivity contribution in [1.29, 1.82) is 0 Å². The van der Waals surface area contributed by atoms with Gasteiger partial charge in [0, 0.05) is 18.5 Å². The van der Waals surface area contributed by atoms with Gasteiger partial charge in [0.25, 0.3) is 0 Å². The fourth-order valence-corrected chi connectivity index (χ4v) is 2.09. The van der Waals surface area contributed by atoms with Crippen molar-refractivity contribution in [2.45, 2.75) is 18.9 Å². The van der Waals surface area contributed by atoms with Crippen molar-refractivity contribution in [2.24, 2.45) is 5.41 Å². The highest BCUT2D eigenvalue weighted by Gasteiger charge is 2.51. The highest BCUT2D eigenvalue weighted by Crippen LogP contribution is 2.47. The maximum Gasteiger partial charge on any atom is 0.209 e. The van der Waals surface area contributed by atoms with Gasteiger partial charge in [0.15, 0.2) is 0 Å². The molecule has 0 aromatic rings. The van der Waals surface area contributed by atoms with E-state index in [4.69, 9.17) is 5.11 Å². The first-order valence-corrected chi connectivity index (χ1v) is 3.62. The van der Waals surface area contributed by atoms with Gasteiger partial charge in [-0.05, 0) is 12.8 Å². The van der Waals surface area contributed by atoms with Crippen molar-refractivity contribution in [3.05, 3.63) is 0 Å². The van der Waals surface area contributed by atoms with Crippen LogP contribution in [-0.2, 0) is 4.79 Å². The number of carbonyl (C=O) groups is 1. The average Bonchev–Trinajstić information content (AvgIpc) is 1.74. The molecule has 1 saturated heterocycles. The molecular formula is C7H11NO2. The zero-order valence-electron chi connectivity index (χ0n) is 5.79. The van der Waals surface area contributed by atoms with Crippen LogP contribution in [0.5, 0.6) is 0 Å². The summed E-state index contributed by atoms with van der Waals surface area (Å²) in [6.07, 6.45) is 2.60. The maximum atomic E-state index is 10.2. The molecule has 1 saturated carbocycles. The van der Waals surface area contributed by atoms with Crippen molar-refractivity contribution in [1.82, 2.24) is 4.90 Å². The molecule has 0 radical (unpaired) electrons. The van der Waals surface area contributed by atoms with Gasteiger partial charge in [-0.15, -0.1) is 0 Å². The van der Waals surface area contributed by atoms with Crippen LogP contribution in [0, 0.1) is 5.41 Å². The van der Waals surface area contributed by atoms with Crippen LogP contribution in [0.2, 0.25) is 0 Å². The molecule has 1 aliphatic heterocycles. The third-order valence-corrected chi connectivity index (χ3v) is 2.56. The Morgan fingerprint density at radius 2 is 2.10 bits per heavy atom. The minimum atomic E-state index is -0.0891. The Hall–Kier alpha value is -0.570. The fraction of sp³-hybridized carbons (Fsp3) is 0.857. The molecule has 3 nitrogen and oxygen atoms in total. The molecule has 56 valence electrons. The largest absolute Gasteiger partial charge is 0.393 e. The van der Waals surface area contributed by atoms with Crippen molar-refractivity contribution in [3.63, 3.8) is 0 Å². The van der Waals surface area contributed by atoms with E-state index in [0.717, 1.165) is 32.3 Å². The first-order chi connectivity index (χ1) is 4.74. The number of likely N-dealkylation sites (tertiary alicyclic amines) is 1. The van der Waals surface area contributed by atoms with E-state index < -0.39 is 0 Å². The Morgan fingerprint density at radius 1 is 1.50 bits per heavy atom. The van der Waals surface area contributed by atoms with Crippen molar-refractivity contribution >= 4 is 6.41 Å². The summed E-state index contributed by atoms with van der Waals surface area (Å²) in [5.41, 5.74) is 0.334. The van der Waals surface area contributed by atoms with E-state index in [1.165, 1.54) is 0 Å². The molecule has 0 aromatic heterocycles. The number of rotatable bonds is 1. The quantitative estimate of drug-likeness (QED) is 0.505. The molecule has 2 fully saturated rings. The van der Waals surface area contributed by atoms with E-state index in [2.05, 4.69) is 0 Å². The Kier molecular flexibility index (Phi) is 1.06. The van der Waals surface area contributed by atoms with Gasteiger partial charge in [0.05, 0.1) is 6.10 Å². The molecule has 1 heterocycles. The summed E-state index contributed by atoms with van der Waals surface area (Å²) >= 11 is 0.